The van der Waals surface area contributed by atoms with Crippen molar-refractivity contribution in [2.24, 2.45) is 11.8 Å². The van der Waals surface area contributed by atoms with Crippen LogP contribution in [0.5, 0.6) is 0 Å². The molecule has 31 heavy (non-hydrogen) atoms. The zero-order chi connectivity index (χ0) is 21.8. The van der Waals surface area contributed by atoms with Crippen LogP contribution in [0.15, 0.2) is 35.5 Å². The third kappa shape index (κ3) is 5.92. The molecule has 1 aromatic heterocycles. The van der Waals surface area contributed by atoms with Crippen LogP contribution in [0.2, 0.25) is 5.15 Å². The minimum absolute atomic E-state index is 0.138. The largest absolute Gasteiger partial charge is 0.356 e. The van der Waals surface area contributed by atoms with E-state index in [2.05, 4.69) is 29.8 Å². The summed E-state index contributed by atoms with van der Waals surface area (Å²) in [6.07, 6.45) is 4.54. The Kier molecular flexibility index (Phi) is 7.39. The number of hydrogen-bond acceptors (Lipinski definition) is 5. The second kappa shape index (κ2) is 10.2. The Morgan fingerprint density at radius 1 is 1.03 bits per heavy atom. The number of carbonyl (C=O) groups is 1. The van der Waals surface area contributed by atoms with Crippen LogP contribution in [0, 0.1) is 11.8 Å². The number of carbonyl (C=O) groups excluding carboxylic acids is 1. The molecule has 2 aliphatic rings. The molecule has 0 aliphatic carbocycles. The monoisotopic (exact) mass is 458 g/mol. The lowest BCUT2D eigenvalue weighted by Crippen LogP contribution is -2.37. The van der Waals surface area contributed by atoms with E-state index in [0.29, 0.717) is 22.0 Å². The summed E-state index contributed by atoms with van der Waals surface area (Å²) in [4.78, 5) is 26.3. The van der Waals surface area contributed by atoms with Gasteiger partial charge in [0.05, 0.1) is 0 Å². The molecule has 0 radical (unpaired) electrons. The first-order valence-electron chi connectivity index (χ1n) is 11.3. The maximum absolute atomic E-state index is 12.9. The van der Waals surface area contributed by atoms with E-state index in [1.807, 2.05) is 29.2 Å². The SMILES string of the molecule is CC1CCN(C(=O)c2cccc(CSc3nc(Cl)cc(N4CCC(C)CC4)n3)c2)CC1. The van der Waals surface area contributed by atoms with Crippen LogP contribution in [0.4, 0.5) is 5.82 Å². The van der Waals surface area contributed by atoms with Gasteiger partial charge in [0.25, 0.3) is 5.91 Å². The fraction of sp³-hybridized carbons (Fsp3) is 0.542. The molecular formula is C24H31ClN4OS. The number of amides is 1. The molecule has 7 heteroatoms. The molecule has 2 saturated heterocycles. The highest BCUT2D eigenvalue weighted by atomic mass is 35.5. The Labute approximate surface area is 194 Å². The smallest absolute Gasteiger partial charge is 0.253 e. The Hall–Kier alpha value is -1.79. The Morgan fingerprint density at radius 2 is 1.71 bits per heavy atom. The molecule has 2 aromatic rings. The van der Waals surface area contributed by atoms with Crippen LogP contribution >= 0.6 is 23.4 Å². The summed E-state index contributed by atoms with van der Waals surface area (Å²) >= 11 is 7.87. The van der Waals surface area contributed by atoms with Crippen LogP contribution in [0.3, 0.4) is 0 Å². The highest BCUT2D eigenvalue weighted by Crippen LogP contribution is 2.28. The number of halogens is 1. The van der Waals surface area contributed by atoms with Crippen molar-refractivity contribution in [2.75, 3.05) is 31.1 Å². The molecule has 0 atom stereocenters. The van der Waals surface area contributed by atoms with Gasteiger partial charge in [-0.25, -0.2) is 9.97 Å². The van der Waals surface area contributed by atoms with E-state index in [-0.39, 0.29) is 5.91 Å². The number of anilines is 1. The van der Waals surface area contributed by atoms with E-state index in [0.717, 1.165) is 61.9 Å². The quantitative estimate of drug-likeness (QED) is 0.335. The Bertz CT molecular complexity index is 908. The van der Waals surface area contributed by atoms with E-state index < -0.39 is 0 Å². The number of piperidine rings is 2. The van der Waals surface area contributed by atoms with Crippen LogP contribution in [-0.4, -0.2) is 47.0 Å². The maximum atomic E-state index is 12.9. The van der Waals surface area contributed by atoms with Gasteiger partial charge in [0.15, 0.2) is 5.16 Å². The van der Waals surface area contributed by atoms with Gasteiger partial charge in [-0.1, -0.05) is 49.3 Å². The summed E-state index contributed by atoms with van der Waals surface area (Å²) in [6.45, 7) is 8.29. The zero-order valence-electron chi connectivity index (χ0n) is 18.4. The molecule has 5 nitrogen and oxygen atoms in total. The standard InChI is InChI=1S/C24H31ClN4OS/c1-17-6-10-28(11-7-17)22-15-21(25)26-24(27-22)31-16-19-4-3-5-20(14-19)23(30)29-12-8-18(2)9-13-29/h3-5,14-15,17-18H,6-13,16H2,1-2H3. The highest BCUT2D eigenvalue weighted by Gasteiger charge is 2.22. The molecule has 2 aliphatic heterocycles. The van der Waals surface area contributed by atoms with E-state index in [1.165, 1.54) is 12.8 Å². The van der Waals surface area contributed by atoms with Crippen LogP contribution in [-0.2, 0) is 5.75 Å². The van der Waals surface area contributed by atoms with Crippen molar-refractivity contribution in [1.29, 1.82) is 0 Å². The molecule has 4 rings (SSSR count). The predicted molar refractivity (Wildman–Crippen MR) is 128 cm³/mol. The number of rotatable bonds is 5. The molecule has 0 bridgehead atoms. The Balaban J connectivity index is 1.40. The lowest BCUT2D eigenvalue weighted by atomic mass is 9.98. The number of aromatic nitrogens is 2. The molecule has 2 fully saturated rings. The van der Waals surface area contributed by atoms with Gasteiger partial charge >= 0.3 is 0 Å². The molecule has 0 spiro atoms. The van der Waals surface area contributed by atoms with Crippen molar-refractivity contribution >= 4 is 35.1 Å². The topological polar surface area (TPSA) is 49.3 Å². The summed E-state index contributed by atoms with van der Waals surface area (Å²) in [5.41, 5.74) is 1.86. The number of benzene rings is 1. The lowest BCUT2D eigenvalue weighted by Gasteiger charge is -2.31. The van der Waals surface area contributed by atoms with E-state index in [9.17, 15) is 4.79 Å². The van der Waals surface area contributed by atoms with Gasteiger partial charge in [0, 0.05) is 43.6 Å². The lowest BCUT2D eigenvalue weighted by molar-refractivity contribution is 0.0697. The summed E-state index contributed by atoms with van der Waals surface area (Å²) in [5, 5.41) is 1.16. The van der Waals surface area contributed by atoms with Gasteiger partial charge in [-0.15, -0.1) is 0 Å². The van der Waals surface area contributed by atoms with Crippen molar-refractivity contribution in [2.45, 2.75) is 50.4 Å². The van der Waals surface area contributed by atoms with Gasteiger partial charge in [0.1, 0.15) is 11.0 Å². The van der Waals surface area contributed by atoms with E-state index in [1.54, 1.807) is 11.8 Å². The van der Waals surface area contributed by atoms with Gasteiger partial charge in [-0.3, -0.25) is 4.79 Å². The van der Waals surface area contributed by atoms with Crippen molar-refractivity contribution in [1.82, 2.24) is 14.9 Å². The van der Waals surface area contributed by atoms with E-state index in [4.69, 9.17) is 16.6 Å². The summed E-state index contributed by atoms with van der Waals surface area (Å²) in [7, 11) is 0. The van der Waals surface area contributed by atoms with Crippen molar-refractivity contribution < 1.29 is 4.79 Å². The fourth-order valence-electron chi connectivity index (χ4n) is 4.19. The van der Waals surface area contributed by atoms with Crippen molar-refractivity contribution in [3.63, 3.8) is 0 Å². The van der Waals surface area contributed by atoms with Gasteiger partial charge < -0.3 is 9.80 Å². The minimum Gasteiger partial charge on any atom is -0.356 e. The number of likely N-dealkylation sites (tertiary alicyclic amines) is 1. The second-order valence-corrected chi connectivity index (χ2v) is 10.3. The highest BCUT2D eigenvalue weighted by molar-refractivity contribution is 7.98. The third-order valence-electron chi connectivity index (χ3n) is 6.38. The van der Waals surface area contributed by atoms with Crippen molar-refractivity contribution in [3.8, 4) is 0 Å². The average Bonchev–Trinajstić information content (AvgIpc) is 2.78. The first kappa shape index (κ1) is 22.4. The normalized spacial score (nSPS) is 18.4. The van der Waals surface area contributed by atoms with Gasteiger partial charge in [-0.2, -0.15) is 0 Å². The average molecular weight is 459 g/mol. The molecule has 1 aromatic carbocycles. The predicted octanol–water partition coefficient (Wildman–Crippen LogP) is 5.53. The number of nitrogens with zero attached hydrogens (tertiary/aromatic N) is 4. The van der Waals surface area contributed by atoms with E-state index >= 15 is 0 Å². The number of thioether (sulfide) groups is 1. The third-order valence-corrected chi connectivity index (χ3v) is 7.49. The second-order valence-electron chi connectivity index (χ2n) is 8.96. The molecule has 0 saturated carbocycles. The summed E-state index contributed by atoms with van der Waals surface area (Å²) in [5.74, 6) is 3.24. The first-order valence-corrected chi connectivity index (χ1v) is 12.6. The molecule has 1 amide bonds. The Morgan fingerprint density at radius 3 is 2.42 bits per heavy atom. The zero-order valence-corrected chi connectivity index (χ0v) is 20.0. The summed E-state index contributed by atoms with van der Waals surface area (Å²) in [6, 6.07) is 9.81. The van der Waals surface area contributed by atoms with Crippen LogP contribution in [0.25, 0.3) is 0 Å². The number of hydrogen-bond donors (Lipinski definition) is 0. The van der Waals surface area contributed by atoms with Gasteiger partial charge in [-0.05, 0) is 55.2 Å². The molecular weight excluding hydrogens is 428 g/mol. The maximum Gasteiger partial charge on any atom is 0.253 e. The summed E-state index contributed by atoms with van der Waals surface area (Å²) < 4.78 is 0. The minimum atomic E-state index is 0.138. The van der Waals surface area contributed by atoms with Crippen LogP contribution < -0.4 is 4.90 Å². The molecule has 0 N–H and O–H groups in total. The first-order chi connectivity index (χ1) is 15.0. The molecule has 0 unspecified atom stereocenters. The fourth-order valence-corrected chi connectivity index (χ4v) is 5.21. The van der Waals surface area contributed by atoms with Crippen LogP contribution in [0.1, 0.15) is 55.5 Å². The molecule has 166 valence electrons. The molecule has 3 heterocycles. The van der Waals surface area contributed by atoms with Gasteiger partial charge in [0.2, 0.25) is 0 Å². The van der Waals surface area contributed by atoms with Crippen molar-refractivity contribution in [3.05, 3.63) is 46.6 Å².